The number of aryl methyl sites for hydroxylation is 1. The summed E-state index contributed by atoms with van der Waals surface area (Å²) in [6.45, 7) is 4.05. The van der Waals surface area contributed by atoms with E-state index in [1.165, 1.54) is 21.3 Å². The third-order valence-corrected chi connectivity index (χ3v) is 8.98. The molecule has 0 unspecified atom stereocenters. The highest BCUT2D eigenvalue weighted by Crippen LogP contribution is 2.38. The van der Waals surface area contributed by atoms with E-state index >= 15 is 0 Å². The van der Waals surface area contributed by atoms with E-state index in [0.29, 0.717) is 29.6 Å². The van der Waals surface area contributed by atoms with Crippen molar-refractivity contribution in [2.75, 3.05) is 27.9 Å². The van der Waals surface area contributed by atoms with Gasteiger partial charge in [0, 0.05) is 31.5 Å². The lowest BCUT2D eigenvalue weighted by atomic mass is 10.1. The predicted octanol–water partition coefficient (Wildman–Crippen LogP) is 3.68. The molecule has 2 aromatic heterocycles. The number of methoxy groups -OCH3 is 3. The molecule has 3 heterocycles. The molecule has 0 radical (unpaired) electrons. The molecule has 0 saturated carbocycles. The van der Waals surface area contributed by atoms with Gasteiger partial charge in [0.15, 0.2) is 27.3 Å². The topological polar surface area (TPSA) is 128 Å². The van der Waals surface area contributed by atoms with Crippen LogP contribution >= 0.6 is 0 Å². The minimum Gasteiger partial charge on any atom is -0.494 e. The Hall–Kier alpha value is -4.03. The molecule has 0 N–H and O–H groups in total. The number of benzene rings is 2. The first-order valence-electron chi connectivity index (χ1n) is 12.7. The van der Waals surface area contributed by atoms with Crippen molar-refractivity contribution in [3.63, 3.8) is 0 Å². The lowest BCUT2D eigenvalue weighted by molar-refractivity contribution is 0.0947. The van der Waals surface area contributed by atoms with Crippen LogP contribution in [0.1, 0.15) is 35.8 Å². The van der Waals surface area contributed by atoms with E-state index in [2.05, 4.69) is 20.2 Å². The van der Waals surface area contributed by atoms with Crippen LogP contribution in [0, 0.1) is 6.92 Å². The molecule has 4 aromatic rings. The van der Waals surface area contributed by atoms with Crippen LogP contribution in [-0.2, 0) is 26.7 Å². The molecule has 1 aliphatic rings. The number of para-hydroxylation sites is 1. The highest BCUT2D eigenvalue weighted by Gasteiger charge is 2.35. The SMILES string of the molecule is COc1cccc(OC)c1-n1c(CS(=O)(=O)[C@@H](C)[C@H](OC)c2ncc(C)cn2)nnc1-c1ccc2c(c1)CCO2. The Bertz CT molecular complexity index is 1600. The van der Waals surface area contributed by atoms with Gasteiger partial charge in [0.05, 0.1) is 26.1 Å². The molecule has 210 valence electrons. The average Bonchev–Trinajstić information content (AvgIpc) is 3.60. The Labute approximate surface area is 233 Å². The first-order valence-corrected chi connectivity index (χ1v) is 14.4. The van der Waals surface area contributed by atoms with Gasteiger partial charge >= 0.3 is 0 Å². The molecule has 0 bridgehead atoms. The summed E-state index contributed by atoms with van der Waals surface area (Å²) in [5.41, 5.74) is 3.15. The second-order valence-electron chi connectivity index (χ2n) is 9.49. The zero-order chi connectivity index (χ0) is 28.4. The number of sulfone groups is 1. The highest BCUT2D eigenvalue weighted by atomic mass is 32.2. The Morgan fingerprint density at radius 2 is 1.73 bits per heavy atom. The number of hydrogen-bond acceptors (Lipinski definition) is 10. The van der Waals surface area contributed by atoms with Gasteiger partial charge in [-0.05, 0) is 55.3 Å². The maximum absolute atomic E-state index is 13.8. The fourth-order valence-corrected chi connectivity index (χ4v) is 6.18. The van der Waals surface area contributed by atoms with Crippen LogP contribution < -0.4 is 14.2 Å². The fourth-order valence-electron chi connectivity index (χ4n) is 4.77. The highest BCUT2D eigenvalue weighted by molar-refractivity contribution is 7.91. The first kappa shape index (κ1) is 27.5. The van der Waals surface area contributed by atoms with E-state index in [1.54, 1.807) is 42.1 Å². The molecular weight excluding hydrogens is 534 g/mol. The summed E-state index contributed by atoms with van der Waals surface area (Å²) in [5, 5.41) is 7.84. The largest absolute Gasteiger partial charge is 0.494 e. The Morgan fingerprint density at radius 3 is 2.38 bits per heavy atom. The van der Waals surface area contributed by atoms with E-state index in [1.807, 2.05) is 25.1 Å². The van der Waals surface area contributed by atoms with Crippen molar-refractivity contribution in [2.24, 2.45) is 0 Å². The van der Waals surface area contributed by atoms with Gasteiger partial charge in [-0.1, -0.05) is 6.07 Å². The zero-order valence-corrected chi connectivity index (χ0v) is 23.8. The minimum absolute atomic E-state index is 0.195. The number of fused-ring (bicyclic) bond motifs is 1. The molecular formula is C28H31N5O6S. The van der Waals surface area contributed by atoms with Crippen molar-refractivity contribution in [2.45, 2.75) is 37.4 Å². The van der Waals surface area contributed by atoms with Gasteiger partial charge in [0.25, 0.3) is 0 Å². The lowest BCUT2D eigenvalue weighted by Crippen LogP contribution is -2.30. The number of rotatable bonds is 10. The van der Waals surface area contributed by atoms with Crippen LogP contribution in [0.25, 0.3) is 17.1 Å². The van der Waals surface area contributed by atoms with Gasteiger partial charge in [-0.25, -0.2) is 18.4 Å². The van der Waals surface area contributed by atoms with Crippen molar-refractivity contribution in [1.82, 2.24) is 24.7 Å². The summed E-state index contributed by atoms with van der Waals surface area (Å²) in [4.78, 5) is 8.59. The smallest absolute Gasteiger partial charge is 0.168 e. The summed E-state index contributed by atoms with van der Waals surface area (Å²) in [6, 6.07) is 11.1. The maximum Gasteiger partial charge on any atom is 0.168 e. The number of hydrogen-bond donors (Lipinski definition) is 0. The first-order chi connectivity index (χ1) is 19.3. The van der Waals surface area contributed by atoms with Gasteiger partial charge in [0.2, 0.25) is 0 Å². The summed E-state index contributed by atoms with van der Waals surface area (Å²) in [7, 11) is 0.661. The molecule has 40 heavy (non-hydrogen) atoms. The number of ether oxygens (including phenoxy) is 4. The van der Waals surface area contributed by atoms with Gasteiger partial charge in [-0.2, -0.15) is 0 Å². The van der Waals surface area contributed by atoms with Crippen LogP contribution in [0.2, 0.25) is 0 Å². The molecule has 2 atom stereocenters. The second-order valence-corrected chi connectivity index (χ2v) is 11.9. The third kappa shape index (κ3) is 5.11. The summed E-state index contributed by atoms with van der Waals surface area (Å²) >= 11 is 0. The molecule has 0 amide bonds. The average molecular weight is 566 g/mol. The molecule has 11 nitrogen and oxygen atoms in total. The van der Waals surface area contributed by atoms with E-state index < -0.39 is 26.9 Å². The Morgan fingerprint density at radius 1 is 1.02 bits per heavy atom. The van der Waals surface area contributed by atoms with Crippen molar-refractivity contribution in [3.8, 4) is 34.3 Å². The van der Waals surface area contributed by atoms with E-state index in [0.717, 1.165) is 28.9 Å². The summed E-state index contributed by atoms with van der Waals surface area (Å²) < 4.78 is 51.9. The fraction of sp³-hybridized carbons (Fsp3) is 0.357. The summed E-state index contributed by atoms with van der Waals surface area (Å²) in [6.07, 6.45) is 3.16. The molecule has 5 rings (SSSR count). The quantitative estimate of drug-likeness (QED) is 0.281. The van der Waals surface area contributed by atoms with Crippen LogP contribution in [0.4, 0.5) is 0 Å². The molecule has 1 aliphatic heterocycles. The van der Waals surface area contributed by atoms with E-state index in [9.17, 15) is 8.42 Å². The van der Waals surface area contributed by atoms with E-state index in [4.69, 9.17) is 18.9 Å². The van der Waals surface area contributed by atoms with Crippen molar-refractivity contribution in [1.29, 1.82) is 0 Å². The van der Waals surface area contributed by atoms with Gasteiger partial charge in [-0.15, -0.1) is 10.2 Å². The standard InChI is InChI=1S/C28H31N5O6S/c1-17-14-29-27(30-15-17)26(38-5)18(2)40(34,35)16-24-31-32-28(20-9-10-21-19(13-20)11-12-39-21)33(24)25-22(36-3)7-6-8-23(25)37-4/h6-10,13-15,18,26H,11-12,16H2,1-5H3/t18-,26-/m0/s1. The van der Waals surface area contributed by atoms with Gasteiger partial charge in [0.1, 0.15) is 34.8 Å². The molecule has 0 aliphatic carbocycles. The van der Waals surface area contributed by atoms with E-state index in [-0.39, 0.29) is 11.6 Å². The van der Waals surface area contributed by atoms with Crippen LogP contribution in [0.15, 0.2) is 48.8 Å². The van der Waals surface area contributed by atoms with Crippen LogP contribution in [0.5, 0.6) is 17.2 Å². The molecule has 0 saturated heterocycles. The number of nitrogens with zero attached hydrogens (tertiary/aromatic N) is 5. The molecule has 12 heteroatoms. The summed E-state index contributed by atoms with van der Waals surface area (Å²) in [5.74, 6) is 2.27. The Balaban J connectivity index is 1.62. The maximum atomic E-state index is 13.8. The minimum atomic E-state index is -3.86. The monoisotopic (exact) mass is 565 g/mol. The number of aromatic nitrogens is 5. The van der Waals surface area contributed by atoms with Crippen LogP contribution in [-0.4, -0.2) is 66.3 Å². The second kappa shape index (κ2) is 11.2. The zero-order valence-electron chi connectivity index (χ0n) is 23.0. The van der Waals surface area contributed by atoms with Crippen molar-refractivity contribution in [3.05, 3.63) is 71.6 Å². The Kier molecular flexibility index (Phi) is 7.72. The van der Waals surface area contributed by atoms with Crippen molar-refractivity contribution < 1.29 is 27.4 Å². The third-order valence-electron chi connectivity index (χ3n) is 6.94. The van der Waals surface area contributed by atoms with Crippen LogP contribution in [0.3, 0.4) is 0 Å². The van der Waals surface area contributed by atoms with Crippen molar-refractivity contribution >= 4 is 9.84 Å². The predicted molar refractivity (Wildman–Crippen MR) is 148 cm³/mol. The van der Waals surface area contributed by atoms with Gasteiger partial charge < -0.3 is 18.9 Å². The van der Waals surface area contributed by atoms with Gasteiger partial charge in [-0.3, -0.25) is 4.57 Å². The normalized spacial score (nSPS) is 14.3. The molecule has 2 aromatic carbocycles. The molecule has 0 spiro atoms. The lowest BCUT2D eigenvalue weighted by Gasteiger charge is -2.22. The molecule has 0 fully saturated rings.